The van der Waals surface area contributed by atoms with Crippen LogP contribution in [0.2, 0.25) is 0 Å². The normalized spacial score (nSPS) is 14.8. The minimum absolute atomic E-state index is 0.205. The lowest BCUT2D eigenvalue weighted by molar-refractivity contribution is -0.115. The van der Waals surface area contributed by atoms with Crippen LogP contribution in [0.3, 0.4) is 0 Å². The molecule has 1 amide bonds. The number of ether oxygens (including phenoxy) is 1. The molecule has 0 saturated carbocycles. The Hall–Kier alpha value is -4.51. The Morgan fingerprint density at radius 2 is 1.69 bits per heavy atom. The molecule has 3 aromatic heterocycles. The molecule has 0 spiro atoms. The highest BCUT2D eigenvalue weighted by atomic mass is 32.2. The largest absolute Gasteiger partial charge is 0.462 e. The van der Waals surface area contributed by atoms with Crippen molar-refractivity contribution in [3.63, 3.8) is 0 Å². The van der Waals surface area contributed by atoms with Crippen LogP contribution >= 0.6 is 34.4 Å². The second kappa shape index (κ2) is 13.9. The summed E-state index contributed by atoms with van der Waals surface area (Å²) in [6, 6.07) is 30.7. The number of para-hydroxylation sites is 1. The Morgan fingerprint density at radius 3 is 2.40 bits per heavy atom. The first-order valence-electron chi connectivity index (χ1n) is 15.9. The molecule has 10 heteroatoms. The number of anilines is 1. The average Bonchev–Trinajstić information content (AvgIpc) is 3.70. The molecule has 0 radical (unpaired) electrons. The van der Waals surface area contributed by atoms with Gasteiger partial charge < -0.3 is 10.1 Å². The Kier molecular flexibility index (Phi) is 9.30. The summed E-state index contributed by atoms with van der Waals surface area (Å²) in [4.78, 5) is 49.6. The number of esters is 1. The number of aromatic nitrogens is 2. The number of nitrogens with zero attached hydrogens (tertiary/aromatic N) is 2. The number of hydrogen-bond donors (Lipinski definition) is 1. The highest BCUT2D eigenvalue weighted by Crippen LogP contribution is 2.43. The predicted octanol–water partition coefficient (Wildman–Crippen LogP) is 8.95. The van der Waals surface area contributed by atoms with Crippen molar-refractivity contribution < 1.29 is 14.3 Å². The SMILES string of the molecule is CCOC(=O)c1c(NC(=O)[C@H](Sc2nc3sc(-c4ccccc4)cc3c(=O)n2-c2ccccc2)c2ccccc2)sc2c1CC[C@H](C)C2. The van der Waals surface area contributed by atoms with Crippen molar-refractivity contribution in [1.29, 1.82) is 0 Å². The van der Waals surface area contributed by atoms with E-state index in [4.69, 9.17) is 9.72 Å². The van der Waals surface area contributed by atoms with Crippen LogP contribution in [-0.2, 0) is 22.4 Å². The van der Waals surface area contributed by atoms with Gasteiger partial charge in [-0.1, -0.05) is 97.5 Å². The third-order valence-electron chi connectivity index (χ3n) is 8.40. The second-order valence-electron chi connectivity index (χ2n) is 11.7. The summed E-state index contributed by atoms with van der Waals surface area (Å²) < 4.78 is 7.05. The highest BCUT2D eigenvalue weighted by Gasteiger charge is 2.32. The van der Waals surface area contributed by atoms with Gasteiger partial charge in [0, 0.05) is 9.75 Å². The van der Waals surface area contributed by atoms with Crippen LogP contribution in [0, 0.1) is 5.92 Å². The minimum atomic E-state index is -0.785. The number of hydrogen-bond acceptors (Lipinski definition) is 8. The Bertz CT molecular complexity index is 2160. The smallest absolute Gasteiger partial charge is 0.341 e. The monoisotopic (exact) mass is 691 g/mol. The summed E-state index contributed by atoms with van der Waals surface area (Å²) in [5.41, 5.74) is 3.65. The fourth-order valence-electron chi connectivity index (χ4n) is 6.03. The summed E-state index contributed by atoms with van der Waals surface area (Å²) in [7, 11) is 0. The van der Waals surface area contributed by atoms with Crippen molar-refractivity contribution >= 4 is 61.5 Å². The van der Waals surface area contributed by atoms with Crippen molar-refractivity contribution in [3.05, 3.63) is 129 Å². The van der Waals surface area contributed by atoms with E-state index in [2.05, 4.69) is 12.2 Å². The molecule has 0 saturated heterocycles. The van der Waals surface area contributed by atoms with Crippen molar-refractivity contribution in [2.45, 2.75) is 43.5 Å². The first-order valence-corrected chi connectivity index (χ1v) is 18.4. The maximum absolute atomic E-state index is 14.4. The predicted molar refractivity (Wildman–Crippen MR) is 196 cm³/mol. The molecule has 0 fully saturated rings. The van der Waals surface area contributed by atoms with E-state index < -0.39 is 11.2 Å². The number of thiophene rings is 2. The highest BCUT2D eigenvalue weighted by molar-refractivity contribution is 8.00. The van der Waals surface area contributed by atoms with E-state index in [0.717, 1.165) is 45.7 Å². The topological polar surface area (TPSA) is 90.3 Å². The third-order valence-corrected chi connectivity index (χ3v) is 11.9. The van der Waals surface area contributed by atoms with E-state index in [1.807, 2.05) is 97.1 Å². The molecule has 48 heavy (non-hydrogen) atoms. The van der Waals surface area contributed by atoms with E-state index in [0.29, 0.717) is 37.5 Å². The lowest BCUT2D eigenvalue weighted by Crippen LogP contribution is -2.24. The van der Waals surface area contributed by atoms with E-state index in [-0.39, 0.29) is 18.1 Å². The van der Waals surface area contributed by atoms with Crippen molar-refractivity contribution in [2.24, 2.45) is 5.92 Å². The summed E-state index contributed by atoms with van der Waals surface area (Å²) in [5, 5.41) is 3.76. The van der Waals surface area contributed by atoms with Gasteiger partial charge in [0.15, 0.2) is 5.16 Å². The number of fused-ring (bicyclic) bond motifs is 2. The summed E-state index contributed by atoms with van der Waals surface area (Å²) in [6.45, 7) is 4.24. The molecule has 242 valence electrons. The number of amides is 1. The molecule has 0 aliphatic heterocycles. The molecule has 1 N–H and O–H groups in total. The van der Waals surface area contributed by atoms with Gasteiger partial charge in [0.05, 0.1) is 23.2 Å². The molecule has 6 aromatic rings. The maximum Gasteiger partial charge on any atom is 0.341 e. The summed E-state index contributed by atoms with van der Waals surface area (Å²) in [5.74, 6) is -0.230. The Labute approximate surface area is 290 Å². The van der Waals surface area contributed by atoms with Gasteiger partial charge in [-0.25, -0.2) is 9.78 Å². The van der Waals surface area contributed by atoms with Gasteiger partial charge in [-0.2, -0.15) is 0 Å². The quantitative estimate of drug-likeness (QED) is 0.0925. The van der Waals surface area contributed by atoms with E-state index in [9.17, 15) is 14.4 Å². The van der Waals surface area contributed by atoms with Gasteiger partial charge in [-0.05, 0) is 67.0 Å². The zero-order valence-corrected chi connectivity index (χ0v) is 28.9. The average molecular weight is 692 g/mol. The van der Waals surface area contributed by atoms with Crippen molar-refractivity contribution in [2.75, 3.05) is 11.9 Å². The van der Waals surface area contributed by atoms with Gasteiger partial charge in [-0.15, -0.1) is 22.7 Å². The lowest BCUT2D eigenvalue weighted by atomic mass is 9.88. The van der Waals surface area contributed by atoms with Crippen LogP contribution in [0.5, 0.6) is 0 Å². The van der Waals surface area contributed by atoms with Gasteiger partial charge >= 0.3 is 5.97 Å². The molecule has 2 atom stereocenters. The van der Waals surface area contributed by atoms with Crippen LogP contribution in [0.15, 0.2) is 107 Å². The molecular formula is C38H33N3O4S3. The summed E-state index contributed by atoms with van der Waals surface area (Å²) in [6.07, 6.45) is 2.61. The Morgan fingerprint density at radius 1 is 1.00 bits per heavy atom. The molecule has 0 unspecified atom stereocenters. The van der Waals surface area contributed by atoms with Gasteiger partial charge in [0.25, 0.3) is 5.56 Å². The van der Waals surface area contributed by atoms with Gasteiger partial charge in [0.1, 0.15) is 15.1 Å². The van der Waals surface area contributed by atoms with Gasteiger partial charge in [-0.3, -0.25) is 14.2 Å². The molecule has 7 rings (SSSR count). The van der Waals surface area contributed by atoms with Crippen LogP contribution < -0.4 is 10.9 Å². The fourth-order valence-corrected chi connectivity index (χ4v) is 9.63. The summed E-state index contributed by atoms with van der Waals surface area (Å²) >= 11 is 4.13. The van der Waals surface area contributed by atoms with Crippen molar-refractivity contribution in [3.8, 4) is 16.1 Å². The van der Waals surface area contributed by atoms with Crippen LogP contribution in [0.25, 0.3) is 26.3 Å². The van der Waals surface area contributed by atoms with Crippen molar-refractivity contribution in [1.82, 2.24) is 9.55 Å². The zero-order chi connectivity index (χ0) is 33.2. The Balaban J connectivity index is 1.33. The third kappa shape index (κ3) is 6.35. The number of nitrogens with one attached hydrogen (secondary N) is 1. The van der Waals surface area contributed by atoms with Gasteiger partial charge in [0.2, 0.25) is 5.91 Å². The van der Waals surface area contributed by atoms with E-state index >= 15 is 0 Å². The molecule has 1 aliphatic rings. The first-order chi connectivity index (χ1) is 23.4. The molecular weight excluding hydrogens is 659 g/mol. The van der Waals surface area contributed by atoms with E-state index in [1.165, 1.54) is 34.4 Å². The van der Waals surface area contributed by atoms with Crippen LogP contribution in [0.1, 0.15) is 51.9 Å². The maximum atomic E-state index is 14.4. The lowest BCUT2D eigenvalue weighted by Gasteiger charge is -2.19. The standard InChI is InChI=1S/C38H33N3O4S3/c1-3-45-37(44)31-27-20-19-23(2)21-30(27)47-35(31)39-33(42)32(25-15-9-5-10-16-25)48-38-40-34-28(22-29(46-34)24-13-7-4-8-14-24)36(43)41(38)26-17-11-6-12-18-26/h4-18,22-23,32H,3,19-21H2,1-2H3,(H,39,42)/t23-,32+/m0/s1. The first kappa shape index (κ1) is 32.1. The molecule has 3 aromatic carbocycles. The molecule has 7 nitrogen and oxygen atoms in total. The number of carbonyl (C=O) groups is 2. The van der Waals surface area contributed by atoms with Crippen LogP contribution in [-0.4, -0.2) is 28.0 Å². The zero-order valence-electron chi connectivity index (χ0n) is 26.5. The van der Waals surface area contributed by atoms with E-state index in [1.54, 1.807) is 11.5 Å². The number of benzene rings is 3. The number of rotatable bonds is 9. The fraction of sp³-hybridized carbons (Fsp3) is 0.211. The second-order valence-corrected chi connectivity index (χ2v) is 14.9. The number of carbonyl (C=O) groups excluding carboxylic acids is 2. The number of thioether (sulfide) groups is 1. The van der Waals surface area contributed by atoms with Crippen LogP contribution in [0.4, 0.5) is 5.00 Å². The molecule has 3 heterocycles. The minimum Gasteiger partial charge on any atom is -0.462 e. The molecule has 0 bridgehead atoms. The molecule has 1 aliphatic carbocycles.